The standard InChI is InChI=1S/C10H23NS/c1-5-10(6-2)11-8-7-9(3)12-4/h9-11H,5-8H2,1-4H3. The first kappa shape index (κ1) is 12.3. The monoisotopic (exact) mass is 189 g/mol. The lowest BCUT2D eigenvalue weighted by atomic mass is 10.1. The first-order valence-corrected chi connectivity index (χ1v) is 6.29. The zero-order chi connectivity index (χ0) is 9.40. The van der Waals surface area contributed by atoms with E-state index in [9.17, 15) is 0 Å². The minimum atomic E-state index is 0.735. The first-order valence-electron chi connectivity index (χ1n) is 5.00. The molecule has 12 heavy (non-hydrogen) atoms. The van der Waals surface area contributed by atoms with Gasteiger partial charge in [-0.1, -0.05) is 20.8 Å². The van der Waals surface area contributed by atoms with E-state index in [0.717, 1.165) is 11.3 Å². The normalized spacial score (nSPS) is 13.8. The van der Waals surface area contributed by atoms with E-state index in [1.165, 1.54) is 25.8 Å². The average Bonchev–Trinajstić information content (AvgIpc) is 2.12. The highest BCUT2D eigenvalue weighted by atomic mass is 32.2. The Morgan fingerprint density at radius 1 is 1.25 bits per heavy atom. The fraction of sp³-hybridized carbons (Fsp3) is 1.00. The lowest BCUT2D eigenvalue weighted by Gasteiger charge is -2.15. The molecule has 0 aliphatic rings. The van der Waals surface area contributed by atoms with Gasteiger partial charge in [-0.05, 0) is 32.1 Å². The Kier molecular flexibility index (Phi) is 8.14. The van der Waals surface area contributed by atoms with Gasteiger partial charge in [0.05, 0.1) is 0 Å². The SMILES string of the molecule is CCC(CC)NCCC(C)SC. The molecule has 0 aromatic rings. The average molecular weight is 189 g/mol. The van der Waals surface area contributed by atoms with Gasteiger partial charge in [0.15, 0.2) is 0 Å². The molecule has 1 unspecified atom stereocenters. The number of nitrogens with one attached hydrogen (secondary N) is 1. The molecule has 0 saturated heterocycles. The Hall–Kier alpha value is 0.310. The van der Waals surface area contributed by atoms with Crippen molar-refractivity contribution in [2.75, 3.05) is 12.8 Å². The minimum absolute atomic E-state index is 0.735. The molecule has 1 atom stereocenters. The Morgan fingerprint density at radius 2 is 1.83 bits per heavy atom. The second-order valence-corrected chi connectivity index (χ2v) is 4.58. The zero-order valence-corrected chi connectivity index (χ0v) is 9.71. The van der Waals surface area contributed by atoms with E-state index >= 15 is 0 Å². The summed E-state index contributed by atoms with van der Waals surface area (Å²) in [6.07, 6.45) is 5.98. The first-order chi connectivity index (χ1) is 5.74. The summed E-state index contributed by atoms with van der Waals surface area (Å²) in [5, 5.41) is 4.37. The van der Waals surface area contributed by atoms with Crippen molar-refractivity contribution in [2.24, 2.45) is 0 Å². The van der Waals surface area contributed by atoms with Crippen LogP contribution in [0.3, 0.4) is 0 Å². The minimum Gasteiger partial charge on any atom is -0.314 e. The van der Waals surface area contributed by atoms with Crippen LogP contribution in [0.4, 0.5) is 0 Å². The van der Waals surface area contributed by atoms with Crippen LogP contribution >= 0.6 is 11.8 Å². The Balaban J connectivity index is 3.28. The lowest BCUT2D eigenvalue weighted by Crippen LogP contribution is -2.29. The summed E-state index contributed by atoms with van der Waals surface area (Å²) in [6.45, 7) is 7.96. The van der Waals surface area contributed by atoms with Crippen molar-refractivity contribution >= 4 is 11.8 Å². The molecule has 0 aromatic carbocycles. The van der Waals surface area contributed by atoms with Crippen molar-refractivity contribution in [2.45, 2.75) is 51.3 Å². The van der Waals surface area contributed by atoms with Crippen LogP contribution in [0, 0.1) is 0 Å². The third-order valence-electron chi connectivity index (χ3n) is 2.37. The van der Waals surface area contributed by atoms with E-state index in [1.807, 2.05) is 11.8 Å². The Morgan fingerprint density at radius 3 is 2.25 bits per heavy atom. The molecular weight excluding hydrogens is 166 g/mol. The van der Waals surface area contributed by atoms with Crippen LogP contribution < -0.4 is 5.32 Å². The van der Waals surface area contributed by atoms with Crippen molar-refractivity contribution in [3.63, 3.8) is 0 Å². The summed E-state index contributed by atoms with van der Waals surface area (Å²) in [4.78, 5) is 0. The van der Waals surface area contributed by atoms with Crippen LogP contribution in [0.25, 0.3) is 0 Å². The van der Waals surface area contributed by atoms with Crippen LogP contribution in [0.2, 0.25) is 0 Å². The molecule has 0 rings (SSSR count). The van der Waals surface area contributed by atoms with Gasteiger partial charge < -0.3 is 5.32 Å². The predicted octanol–water partition coefficient (Wildman–Crippen LogP) is 2.91. The maximum Gasteiger partial charge on any atom is 0.00618 e. The Bertz CT molecular complexity index is 91.8. The predicted molar refractivity (Wildman–Crippen MR) is 60.0 cm³/mol. The molecule has 2 heteroatoms. The van der Waals surface area contributed by atoms with E-state index < -0.39 is 0 Å². The van der Waals surface area contributed by atoms with Gasteiger partial charge in [0, 0.05) is 11.3 Å². The molecule has 0 saturated carbocycles. The van der Waals surface area contributed by atoms with Gasteiger partial charge in [-0.3, -0.25) is 0 Å². The lowest BCUT2D eigenvalue weighted by molar-refractivity contribution is 0.479. The number of hydrogen-bond donors (Lipinski definition) is 1. The summed E-state index contributed by atoms with van der Waals surface area (Å²) in [7, 11) is 0. The van der Waals surface area contributed by atoms with Crippen LogP contribution in [-0.2, 0) is 0 Å². The molecule has 0 spiro atoms. The fourth-order valence-electron chi connectivity index (χ4n) is 1.19. The molecule has 1 nitrogen and oxygen atoms in total. The van der Waals surface area contributed by atoms with Crippen molar-refractivity contribution in [3.8, 4) is 0 Å². The topological polar surface area (TPSA) is 12.0 Å². The van der Waals surface area contributed by atoms with Gasteiger partial charge in [0.2, 0.25) is 0 Å². The summed E-state index contributed by atoms with van der Waals surface area (Å²) in [5.74, 6) is 0. The molecule has 0 bridgehead atoms. The molecule has 0 aliphatic carbocycles. The summed E-state index contributed by atoms with van der Waals surface area (Å²) in [5.41, 5.74) is 0. The maximum atomic E-state index is 3.57. The highest BCUT2D eigenvalue weighted by Gasteiger charge is 2.03. The van der Waals surface area contributed by atoms with E-state index in [1.54, 1.807) is 0 Å². The van der Waals surface area contributed by atoms with E-state index in [-0.39, 0.29) is 0 Å². The third kappa shape index (κ3) is 5.90. The summed E-state index contributed by atoms with van der Waals surface area (Å²) in [6, 6.07) is 0.735. The van der Waals surface area contributed by atoms with Crippen molar-refractivity contribution in [1.29, 1.82) is 0 Å². The van der Waals surface area contributed by atoms with Crippen LogP contribution in [0.1, 0.15) is 40.0 Å². The smallest absolute Gasteiger partial charge is 0.00618 e. The summed E-state index contributed by atoms with van der Waals surface area (Å²) >= 11 is 1.95. The molecule has 0 aromatic heterocycles. The molecule has 0 amide bonds. The van der Waals surface area contributed by atoms with Gasteiger partial charge in [0.25, 0.3) is 0 Å². The highest BCUT2D eigenvalue weighted by Crippen LogP contribution is 2.08. The second kappa shape index (κ2) is 7.93. The van der Waals surface area contributed by atoms with Crippen LogP contribution in [-0.4, -0.2) is 24.1 Å². The van der Waals surface area contributed by atoms with Crippen molar-refractivity contribution < 1.29 is 0 Å². The quantitative estimate of drug-likeness (QED) is 0.661. The molecule has 74 valence electrons. The molecule has 0 heterocycles. The van der Waals surface area contributed by atoms with E-state index in [0.29, 0.717) is 0 Å². The van der Waals surface area contributed by atoms with Crippen LogP contribution in [0.5, 0.6) is 0 Å². The molecule has 0 aliphatic heterocycles. The molecule has 0 fully saturated rings. The van der Waals surface area contributed by atoms with Crippen molar-refractivity contribution in [1.82, 2.24) is 5.32 Å². The fourth-order valence-corrected chi connectivity index (χ4v) is 1.54. The summed E-state index contributed by atoms with van der Waals surface area (Å²) < 4.78 is 0. The van der Waals surface area contributed by atoms with E-state index in [2.05, 4.69) is 32.3 Å². The molecular formula is C10H23NS. The third-order valence-corrected chi connectivity index (χ3v) is 3.41. The largest absolute Gasteiger partial charge is 0.314 e. The second-order valence-electron chi connectivity index (χ2n) is 3.30. The van der Waals surface area contributed by atoms with Gasteiger partial charge in [-0.2, -0.15) is 11.8 Å². The van der Waals surface area contributed by atoms with Gasteiger partial charge in [-0.25, -0.2) is 0 Å². The molecule has 0 radical (unpaired) electrons. The Labute approximate surface area is 81.7 Å². The zero-order valence-electron chi connectivity index (χ0n) is 8.89. The van der Waals surface area contributed by atoms with Crippen LogP contribution in [0.15, 0.2) is 0 Å². The van der Waals surface area contributed by atoms with Crippen molar-refractivity contribution in [3.05, 3.63) is 0 Å². The number of hydrogen-bond acceptors (Lipinski definition) is 2. The van der Waals surface area contributed by atoms with Gasteiger partial charge in [-0.15, -0.1) is 0 Å². The highest BCUT2D eigenvalue weighted by molar-refractivity contribution is 7.99. The van der Waals surface area contributed by atoms with Gasteiger partial charge >= 0.3 is 0 Å². The number of rotatable bonds is 7. The number of thioether (sulfide) groups is 1. The maximum absolute atomic E-state index is 3.57. The van der Waals surface area contributed by atoms with E-state index in [4.69, 9.17) is 0 Å². The van der Waals surface area contributed by atoms with Gasteiger partial charge in [0.1, 0.15) is 0 Å². The molecule has 1 N–H and O–H groups in total.